The Labute approximate surface area is 124 Å². The van der Waals surface area contributed by atoms with Crippen LogP contribution in [-0.4, -0.2) is 26.2 Å². The molecular weight excluding hydrogens is 272 g/mol. The van der Waals surface area contributed by atoms with E-state index in [1.807, 2.05) is 12.1 Å². The average molecular weight is 292 g/mol. The highest BCUT2D eigenvalue weighted by atomic mass is 16.6. The Morgan fingerprint density at radius 2 is 1.86 bits per heavy atom. The molecule has 1 aromatic carbocycles. The van der Waals surface area contributed by atoms with E-state index in [0.717, 1.165) is 5.56 Å². The van der Waals surface area contributed by atoms with Crippen molar-refractivity contribution in [2.45, 2.75) is 32.3 Å². The molecule has 0 N–H and O–H groups in total. The molecule has 0 aliphatic carbocycles. The van der Waals surface area contributed by atoms with E-state index in [9.17, 15) is 9.59 Å². The maximum atomic E-state index is 12.2. The summed E-state index contributed by atoms with van der Waals surface area (Å²) in [7, 11) is 2.92. The van der Waals surface area contributed by atoms with Crippen molar-refractivity contribution in [2.75, 3.05) is 14.2 Å². The molecule has 0 saturated carbocycles. The van der Waals surface area contributed by atoms with Crippen LogP contribution in [0.15, 0.2) is 24.3 Å². The lowest BCUT2D eigenvalue weighted by Crippen LogP contribution is -2.47. The molecule has 1 unspecified atom stereocenters. The van der Waals surface area contributed by atoms with Gasteiger partial charge in [0.1, 0.15) is 11.2 Å². The number of hydrogen-bond donors (Lipinski definition) is 0. The minimum atomic E-state index is -1.01. The number of ether oxygens (including phenoxy) is 3. The largest absolute Gasteiger partial charge is 0.497 e. The quantitative estimate of drug-likeness (QED) is 0.798. The summed E-state index contributed by atoms with van der Waals surface area (Å²) in [4.78, 5) is 23.9. The highest BCUT2D eigenvalue weighted by molar-refractivity contribution is 5.81. The number of rotatable bonds is 4. The van der Waals surface area contributed by atoms with Gasteiger partial charge >= 0.3 is 11.9 Å². The molecule has 114 valence electrons. The molecule has 1 saturated heterocycles. The van der Waals surface area contributed by atoms with Gasteiger partial charge in [-0.1, -0.05) is 12.1 Å². The highest BCUT2D eigenvalue weighted by Crippen LogP contribution is 2.50. The van der Waals surface area contributed by atoms with Gasteiger partial charge in [-0.2, -0.15) is 0 Å². The van der Waals surface area contributed by atoms with E-state index in [1.54, 1.807) is 33.1 Å². The third-order valence-electron chi connectivity index (χ3n) is 4.23. The zero-order valence-electron chi connectivity index (χ0n) is 12.8. The zero-order chi connectivity index (χ0) is 15.7. The van der Waals surface area contributed by atoms with Gasteiger partial charge in [-0.05, 0) is 31.5 Å². The molecule has 1 aliphatic rings. The van der Waals surface area contributed by atoms with Gasteiger partial charge in [0.05, 0.1) is 14.2 Å². The van der Waals surface area contributed by atoms with Crippen LogP contribution in [0.2, 0.25) is 0 Å². The monoisotopic (exact) mass is 292 g/mol. The summed E-state index contributed by atoms with van der Waals surface area (Å²) in [5, 5.41) is 0. The van der Waals surface area contributed by atoms with Gasteiger partial charge in [0.25, 0.3) is 0 Å². The van der Waals surface area contributed by atoms with Gasteiger partial charge in [0.15, 0.2) is 5.60 Å². The van der Waals surface area contributed by atoms with Gasteiger partial charge in [-0.15, -0.1) is 0 Å². The van der Waals surface area contributed by atoms with Crippen molar-refractivity contribution < 1.29 is 23.8 Å². The first-order valence-corrected chi connectivity index (χ1v) is 6.82. The minimum Gasteiger partial charge on any atom is -0.497 e. The van der Waals surface area contributed by atoms with E-state index in [4.69, 9.17) is 14.2 Å². The Balaban J connectivity index is 2.51. The second kappa shape index (κ2) is 5.39. The first-order valence-electron chi connectivity index (χ1n) is 6.82. The summed E-state index contributed by atoms with van der Waals surface area (Å²) < 4.78 is 15.7. The molecule has 2 rings (SSSR count). The van der Waals surface area contributed by atoms with E-state index >= 15 is 0 Å². The van der Waals surface area contributed by atoms with Crippen molar-refractivity contribution >= 4 is 11.9 Å². The summed E-state index contributed by atoms with van der Waals surface area (Å²) in [6.07, 6.45) is 0.729. The second-order valence-electron chi connectivity index (χ2n) is 5.65. The van der Waals surface area contributed by atoms with Crippen LogP contribution in [0.3, 0.4) is 0 Å². The van der Waals surface area contributed by atoms with Crippen LogP contribution >= 0.6 is 0 Å². The van der Waals surface area contributed by atoms with Crippen molar-refractivity contribution in [1.82, 2.24) is 0 Å². The molecule has 0 radical (unpaired) electrons. The Kier molecular flexibility index (Phi) is 3.94. The molecule has 0 amide bonds. The molecule has 0 bridgehead atoms. The van der Waals surface area contributed by atoms with Crippen molar-refractivity contribution in [3.8, 4) is 5.75 Å². The van der Waals surface area contributed by atoms with Crippen LogP contribution in [-0.2, 0) is 24.7 Å². The number of carbonyl (C=O) groups is 2. The summed E-state index contributed by atoms with van der Waals surface area (Å²) in [6.45, 7) is 3.48. The van der Waals surface area contributed by atoms with Crippen LogP contribution in [0.5, 0.6) is 5.75 Å². The van der Waals surface area contributed by atoms with E-state index in [0.29, 0.717) is 12.2 Å². The molecule has 21 heavy (non-hydrogen) atoms. The van der Waals surface area contributed by atoms with Gasteiger partial charge in [-0.3, -0.25) is 9.59 Å². The number of esters is 2. The van der Waals surface area contributed by atoms with E-state index < -0.39 is 17.0 Å². The minimum absolute atomic E-state index is 0.284. The standard InChI is InChI=1S/C16H20O5/c1-15(2,14(18)20-4)16(10-9-13(17)21-16)11-5-7-12(19-3)8-6-11/h5-8H,9-10H2,1-4H3. The molecule has 1 aromatic rings. The maximum Gasteiger partial charge on any atom is 0.315 e. The van der Waals surface area contributed by atoms with Gasteiger partial charge in [-0.25, -0.2) is 0 Å². The third-order valence-corrected chi connectivity index (χ3v) is 4.23. The van der Waals surface area contributed by atoms with Crippen molar-refractivity contribution in [3.63, 3.8) is 0 Å². The lowest BCUT2D eigenvalue weighted by atomic mass is 9.69. The molecule has 1 heterocycles. The predicted octanol–water partition coefficient (Wildman–Crippen LogP) is 2.43. The molecular formula is C16H20O5. The van der Waals surface area contributed by atoms with E-state index in [-0.39, 0.29) is 12.4 Å². The van der Waals surface area contributed by atoms with Crippen LogP contribution in [0.4, 0.5) is 0 Å². The fraction of sp³-hybridized carbons (Fsp3) is 0.500. The molecule has 1 atom stereocenters. The van der Waals surface area contributed by atoms with Crippen LogP contribution in [0.25, 0.3) is 0 Å². The second-order valence-corrected chi connectivity index (χ2v) is 5.65. The zero-order valence-corrected chi connectivity index (χ0v) is 12.8. The SMILES string of the molecule is COC(=O)C(C)(C)C1(c2ccc(OC)cc2)CCC(=O)O1. The molecule has 0 aromatic heterocycles. The Morgan fingerprint density at radius 1 is 1.24 bits per heavy atom. The maximum absolute atomic E-state index is 12.2. The fourth-order valence-corrected chi connectivity index (χ4v) is 2.86. The number of benzene rings is 1. The van der Waals surface area contributed by atoms with Crippen LogP contribution in [0.1, 0.15) is 32.3 Å². The first kappa shape index (κ1) is 15.4. The molecule has 5 heteroatoms. The highest BCUT2D eigenvalue weighted by Gasteiger charge is 2.57. The number of cyclic esters (lactones) is 1. The number of methoxy groups -OCH3 is 2. The van der Waals surface area contributed by atoms with E-state index in [2.05, 4.69) is 0 Å². The lowest BCUT2D eigenvalue weighted by molar-refractivity contribution is -0.179. The van der Waals surface area contributed by atoms with Crippen molar-refractivity contribution in [2.24, 2.45) is 5.41 Å². The summed E-state index contributed by atoms with van der Waals surface area (Å²) >= 11 is 0. The fourth-order valence-electron chi connectivity index (χ4n) is 2.86. The molecule has 1 fully saturated rings. The van der Waals surface area contributed by atoms with E-state index in [1.165, 1.54) is 7.11 Å². The van der Waals surface area contributed by atoms with Crippen molar-refractivity contribution in [3.05, 3.63) is 29.8 Å². The number of hydrogen-bond acceptors (Lipinski definition) is 5. The normalized spacial score (nSPS) is 21.8. The number of carbonyl (C=O) groups excluding carboxylic acids is 2. The molecule has 1 aliphatic heterocycles. The summed E-state index contributed by atoms with van der Waals surface area (Å²) in [5.41, 5.74) is -1.23. The van der Waals surface area contributed by atoms with Gasteiger partial charge in [0, 0.05) is 12.8 Å². The smallest absolute Gasteiger partial charge is 0.315 e. The Morgan fingerprint density at radius 3 is 2.29 bits per heavy atom. The first-order chi connectivity index (χ1) is 9.87. The Hall–Kier alpha value is -2.04. The molecule has 0 spiro atoms. The van der Waals surface area contributed by atoms with Gasteiger partial charge < -0.3 is 14.2 Å². The predicted molar refractivity (Wildman–Crippen MR) is 75.8 cm³/mol. The van der Waals surface area contributed by atoms with Crippen LogP contribution < -0.4 is 4.74 Å². The summed E-state index contributed by atoms with van der Waals surface area (Å²) in [5.74, 6) is -0.00934. The summed E-state index contributed by atoms with van der Waals surface area (Å²) in [6, 6.07) is 7.22. The van der Waals surface area contributed by atoms with Crippen LogP contribution in [0, 0.1) is 5.41 Å². The third kappa shape index (κ3) is 2.37. The van der Waals surface area contributed by atoms with Gasteiger partial charge in [0.2, 0.25) is 0 Å². The average Bonchev–Trinajstić information content (AvgIpc) is 2.90. The lowest BCUT2D eigenvalue weighted by Gasteiger charge is -2.40. The Bertz CT molecular complexity index is 546. The van der Waals surface area contributed by atoms with Crippen molar-refractivity contribution in [1.29, 1.82) is 0 Å². The topological polar surface area (TPSA) is 61.8 Å². The molecule has 5 nitrogen and oxygen atoms in total.